The predicted molar refractivity (Wildman–Crippen MR) is 109 cm³/mol. The summed E-state index contributed by atoms with van der Waals surface area (Å²) in [5.41, 5.74) is 5.09. The van der Waals surface area contributed by atoms with Gasteiger partial charge < -0.3 is 19.6 Å². The molecule has 0 fully saturated rings. The minimum atomic E-state index is -0.114. The number of pyridine rings is 1. The number of hydrogen-bond acceptors (Lipinski definition) is 4. The third-order valence-electron chi connectivity index (χ3n) is 4.89. The SMILES string of the molecule is CCc1cc(CNc2cc3ncn(CCCCOC)c3c(=O)[nH]2)ccc1C. The maximum absolute atomic E-state index is 12.5. The number of H-pyrrole nitrogens is 1. The minimum absolute atomic E-state index is 0.114. The largest absolute Gasteiger partial charge is 0.385 e. The number of fused-ring (bicyclic) bond motifs is 1. The molecule has 1 aromatic carbocycles. The summed E-state index contributed by atoms with van der Waals surface area (Å²) in [7, 11) is 1.70. The molecule has 0 radical (unpaired) electrons. The van der Waals surface area contributed by atoms with Crippen molar-refractivity contribution in [1.29, 1.82) is 0 Å². The van der Waals surface area contributed by atoms with Crippen molar-refractivity contribution in [2.75, 3.05) is 19.0 Å². The van der Waals surface area contributed by atoms with E-state index in [2.05, 4.69) is 47.3 Å². The Hall–Kier alpha value is -2.60. The number of hydrogen-bond donors (Lipinski definition) is 2. The third-order valence-corrected chi connectivity index (χ3v) is 4.89. The normalized spacial score (nSPS) is 11.2. The fourth-order valence-corrected chi connectivity index (χ4v) is 3.31. The van der Waals surface area contributed by atoms with Crippen molar-refractivity contribution in [2.24, 2.45) is 0 Å². The van der Waals surface area contributed by atoms with E-state index in [1.54, 1.807) is 13.4 Å². The van der Waals surface area contributed by atoms with E-state index >= 15 is 0 Å². The molecule has 3 aromatic rings. The Morgan fingerprint density at radius 1 is 1.26 bits per heavy atom. The van der Waals surface area contributed by atoms with E-state index < -0.39 is 0 Å². The van der Waals surface area contributed by atoms with Crippen LogP contribution in [0, 0.1) is 6.92 Å². The first-order valence-electron chi connectivity index (χ1n) is 9.51. The molecule has 2 aromatic heterocycles. The number of unbranched alkanes of at least 4 members (excludes halogenated alkanes) is 1. The summed E-state index contributed by atoms with van der Waals surface area (Å²) in [6.45, 7) is 6.45. The van der Waals surface area contributed by atoms with Crippen molar-refractivity contribution in [3.63, 3.8) is 0 Å². The summed E-state index contributed by atoms with van der Waals surface area (Å²) < 4.78 is 6.99. The Bertz CT molecular complexity index is 958. The van der Waals surface area contributed by atoms with Crippen molar-refractivity contribution in [3.05, 3.63) is 57.6 Å². The molecule has 0 atom stereocenters. The quantitative estimate of drug-likeness (QED) is 0.566. The van der Waals surface area contributed by atoms with Crippen molar-refractivity contribution in [3.8, 4) is 0 Å². The molecule has 6 heteroatoms. The molecule has 0 spiro atoms. The zero-order chi connectivity index (χ0) is 19.2. The molecule has 0 saturated heterocycles. The Kier molecular flexibility index (Phi) is 6.29. The van der Waals surface area contributed by atoms with Gasteiger partial charge in [0, 0.05) is 32.9 Å². The molecule has 144 valence electrons. The van der Waals surface area contributed by atoms with Gasteiger partial charge >= 0.3 is 0 Å². The van der Waals surface area contributed by atoms with E-state index in [0.29, 0.717) is 23.4 Å². The average molecular weight is 368 g/mol. The van der Waals surface area contributed by atoms with E-state index in [1.807, 2.05) is 10.6 Å². The molecule has 0 aliphatic carbocycles. The lowest BCUT2D eigenvalue weighted by Gasteiger charge is -2.10. The van der Waals surface area contributed by atoms with Gasteiger partial charge in [-0.1, -0.05) is 25.1 Å². The number of benzene rings is 1. The number of rotatable bonds is 9. The first-order valence-corrected chi connectivity index (χ1v) is 9.51. The lowest BCUT2D eigenvalue weighted by atomic mass is 10.0. The Balaban J connectivity index is 1.72. The highest BCUT2D eigenvalue weighted by atomic mass is 16.5. The highest BCUT2D eigenvalue weighted by molar-refractivity contribution is 5.77. The van der Waals surface area contributed by atoms with E-state index in [0.717, 1.165) is 32.4 Å². The summed E-state index contributed by atoms with van der Waals surface area (Å²) in [5, 5.41) is 3.31. The van der Waals surface area contributed by atoms with Crippen LogP contribution in [0.1, 0.15) is 36.5 Å². The van der Waals surface area contributed by atoms with Gasteiger partial charge in [-0.2, -0.15) is 0 Å². The predicted octanol–water partition coefficient (Wildman–Crippen LogP) is 3.63. The second-order valence-corrected chi connectivity index (χ2v) is 6.85. The van der Waals surface area contributed by atoms with Crippen LogP contribution < -0.4 is 10.9 Å². The summed E-state index contributed by atoms with van der Waals surface area (Å²) in [6, 6.07) is 8.38. The van der Waals surface area contributed by atoms with Crippen LogP contribution in [-0.4, -0.2) is 28.3 Å². The zero-order valence-electron chi connectivity index (χ0n) is 16.3. The molecule has 2 heterocycles. The van der Waals surface area contributed by atoms with Crippen LogP contribution in [0.4, 0.5) is 5.82 Å². The highest BCUT2D eigenvalue weighted by Crippen LogP contribution is 2.16. The Morgan fingerprint density at radius 2 is 2.11 bits per heavy atom. The molecule has 6 nitrogen and oxygen atoms in total. The molecule has 2 N–H and O–H groups in total. The Morgan fingerprint density at radius 3 is 2.89 bits per heavy atom. The van der Waals surface area contributed by atoms with Crippen LogP contribution >= 0.6 is 0 Å². The molecule has 0 amide bonds. The Labute approximate surface area is 159 Å². The number of aryl methyl sites for hydroxylation is 3. The van der Waals surface area contributed by atoms with Crippen molar-refractivity contribution in [1.82, 2.24) is 14.5 Å². The number of nitrogens with zero attached hydrogens (tertiary/aromatic N) is 2. The van der Waals surface area contributed by atoms with Gasteiger partial charge in [0.1, 0.15) is 11.3 Å². The topological polar surface area (TPSA) is 71.9 Å². The van der Waals surface area contributed by atoms with Gasteiger partial charge in [0.25, 0.3) is 5.56 Å². The summed E-state index contributed by atoms with van der Waals surface area (Å²) >= 11 is 0. The first-order chi connectivity index (χ1) is 13.1. The fraction of sp³-hybridized carbons (Fsp3) is 0.429. The summed E-state index contributed by atoms with van der Waals surface area (Å²) in [4.78, 5) is 19.9. The van der Waals surface area contributed by atoms with Gasteiger partial charge in [-0.15, -0.1) is 0 Å². The highest BCUT2D eigenvalue weighted by Gasteiger charge is 2.09. The van der Waals surface area contributed by atoms with E-state index in [-0.39, 0.29) is 5.56 Å². The number of imidazole rings is 1. The van der Waals surface area contributed by atoms with Crippen LogP contribution in [0.5, 0.6) is 0 Å². The van der Waals surface area contributed by atoms with Gasteiger partial charge in [-0.25, -0.2) is 4.98 Å². The number of methoxy groups -OCH3 is 1. The first kappa shape index (κ1) is 19.2. The van der Waals surface area contributed by atoms with E-state index in [9.17, 15) is 4.79 Å². The molecular formula is C21H28N4O2. The maximum atomic E-state index is 12.5. The van der Waals surface area contributed by atoms with E-state index in [4.69, 9.17) is 4.74 Å². The van der Waals surface area contributed by atoms with E-state index in [1.165, 1.54) is 16.7 Å². The second-order valence-electron chi connectivity index (χ2n) is 6.85. The average Bonchev–Trinajstić information content (AvgIpc) is 3.08. The van der Waals surface area contributed by atoms with Gasteiger partial charge in [-0.05, 0) is 42.9 Å². The fourth-order valence-electron chi connectivity index (χ4n) is 3.31. The summed E-state index contributed by atoms with van der Waals surface area (Å²) in [6.07, 6.45) is 4.67. The molecule has 0 unspecified atom stereocenters. The van der Waals surface area contributed by atoms with Crippen molar-refractivity contribution in [2.45, 2.75) is 46.2 Å². The molecule has 27 heavy (non-hydrogen) atoms. The monoisotopic (exact) mass is 368 g/mol. The number of ether oxygens (including phenoxy) is 1. The summed E-state index contributed by atoms with van der Waals surface area (Å²) in [5.74, 6) is 0.691. The van der Waals surface area contributed by atoms with Gasteiger partial charge in [0.05, 0.1) is 11.8 Å². The van der Waals surface area contributed by atoms with Gasteiger partial charge in [0.15, 0.2) is 0 Å². The standard InChI is InChI=1S/C21H28N4O2/c1-4-17-11-16(8-7-15(17)2)13-22-19-12-18-20(21(26)24-19)25(14-23-18)9-5-6-10-27-3/h7-8,11-12,14H,4-6,9-10,13H2,1-3H3,(H2,22,24,26). The number of aromatic nitrogens is 3. The molecule has 0 bridgehead atoms. The molecule has 0 saturated carbocycles. The van der Waals surface area contributed by atoms with Gasteiger partial charge in [-0.3, -0.25) is 4.79 Å². The number of aromatic amines is 1. The molecule has 3 rings (SSSR count). The van der Waals surface area contributed by atoms with Crippen molar-refractivity contribution >= 4 is 16.9 Å². The maximum Gasteiger partial charge on any atom is 0.275 e. The number of nitrogens with one attached hydrogen (secondary N) is 2. The van der Waals surface area contributed by atoms with Crippen molar-refractivity contribution < 1.29 is 4.74 Å². The third kappa shape index (κ3) is 4.57. The smallest absolute Gasteiger partial charge is 0.275 e. The van der Waals surface area contributed by atoms with Crippen LogP contribution in [0.2, 0.25) is 0 Å². The zero-order valence-corrected chi connectivity index (χ0v) is 16.3. The van der Waals surface area contributed by atoms with Crippen LogP contribution in [0.3, 0.4) is 0 Å². The van der Waals surface area contributed by atoms with Crippen LogP contribution in [-0.2, 0) is 24.2 Å². The molecule has 0 aliphatic heterocycles. The molecular weight excluding hydrogens is 340 g/mol. The van der Waals surface area contributed by atoms with Crippen LogP contribution in [0.15, 0.2) is 35.4 Å². The number of anilines is 1. The second kappa shape index (κ2) is 8.86. The van der Waals surface area contributed by atoms with Crippen LogP contribution in [0.25, 0.3) is 11.0 Å². The lowest BCUT2D eigenvalue weighted by molar-refractivity contribution is 0.191. The van der Waals surface area contributed by atoms with Gasteiger partial charge in [0.2, 0.25) is 0 Å². The lowest BCUT2D eigenvalue weighted by Crippen LogP contribution is -2.14. The minimum Gasteiger partial charge on any atom is -0.385 e. The molecule has 0 aliphatic rings.